The zero-order valence-corrected chi connectivity index (χ0v) is 8.22. The van der Waals surface area contributed by atoms with Crippen LogP contribution < -0.4 is 0 Å². The second-order valence-corrected chi connectivity index (χ2v) is 3.33. The predicted octanol–water partition coefficient (Wildman–Crippen LogP) is 2.36. The zero-order valence-electron chi connectivity index (χ0n) is 8.22. The Morgan fingerprint density at radius 3 is 2.58 bits per heavy atom. The van der Waals surface area contributed by atoms with Crippen LogP contribution in [0.5, 0.6) is 0 Å². The molecule has 0 amide bonds. The Balaban J connectivity index is 3.73. The molecule has 0 aromatic heterocycles. The molecule has 0 aromatic rings. The first kappa shape index (κ1) is 11.3. The summed E-state index contributed by atoms with van der Waals surface area (Å²) in [7, 11) is 0. The van der Waals surface area contributed by atoms with E-state index in [-0.39, 0.29) is 6.10 Å². The molecule has 0 aliphatic carbocycles. The van der Waals surface area contributed by atoms with E-state index in [1.807, 2.05) is 13.8 Å². The summed E-state index contributed by atoms with van der Waals surface area (Å²) in [5.74, 6) is 6.30. The van der Waals surface area contributed by atoms with Gasteiger partial charge in [-0.05, 0) is 26.2 Å². The Kier molecular flexibility index (Phi) is 5.49. The Morgan fingerprint density at radius 1 is 1.58 bits per heavy atom. The van der Waals surface area contributed by atoms with Crippen LogP contribution in [0.4, 0.5) is 0 Å². The van der Waals surface area contributed by atoms with Crippen LogP contribution in [-0.2, 0) is 0 Å². The molecule has 0 heterocycles. The molecule has 0 saturated carbocycles. The number of hydrogen-bond acceptors (Lipinski definition) is 1. The average Bonchev–Trinajstić information content (AvgIpc) is 2.00. The van der Waals surface area contributed by atoms with Crippen molar-refractivity contribution in [1.29, 1.82) is 0 Å². The van der Waals surface area contributed by atoms with Crippen LogP contribution in [-0.4, -0.2) is 11.2 Å². The van der Waals surface area contributed by atoms with Gasteiger partial charge in [-0.1, -0.05) is 19.1 Å². The lowest BCUT2D eigenvalue weighted by molar-refractivity contribution is 0.181. The molecule has 2 atom stereocenters. The Labute approximate surface area is 75.5 Å². The van der Waals surface area contributed by atoms with Gasteiger partial charge in [0.05, 0.1) is 6.10 Å². The fourth-order valence-corrected chi connectivity index (χ4v) is 0.942. The minimum atomic E-state index is -0.362. The van der Waals surface area contributed by atoms with E-state index < -0.39 is 0 Å². The van der Waals surface area contributed by atoms with Gasteiger partial charge in [-0.25, -0.2) is 0 Å². The maximum Gasteiger partial charge on any atom is 0.0747 e. The van der Waals surface area contributed by atoms with Crippen LogP contribution in [0.1, 0.15) is 33.6 Å². The number of aliphatic hydroxyl groups excluding tert-OH is 1. The quantitative estimate of drug-likeness (QED) is 0.502. The van der Waals surface area contributed by atoms with E-state index in [2.05, 4.69) is 25.3 Å². The third-order valence-electron chi connectivity index (χ3n) is 1.82. The summed E-state index contributed by atoms with van der Waals surface area (Å²) in [5.41, 5.74) is 0.839. The minimum absolute atomic E-state index is 0.362. The highest BCUT2D eigenvalue weighted by atomic mass is 16.3. The summed E-state index contributed by atoms with van der Waals surface area (Å²) < 4.78 is 0. The molecule has 0 bridgehead atoms. The Morgan fingerprint density at radius 2 is 2.17 bits per heavy atom. The first-order valence-electron chi connectivity index (χ1n) is 4.31. The number of rotatable bonds is 4. The summed E-state index contributed by atoms with van der Waals surface area (Å²) in [6, 6.07) is 0. The molecule has 0 rings (SSSR count). The lowest BCUT2D eigenvalue weighted by atomic mass is 9.97. The SMILES string of the molecule is C=C(C)[C@@H](O)C[C@H](C)CC#CC. The van der Waals surface area contributed by atoms with E-state index in [0.717, 1.165) is 18.4 Å². The highest BCUT2D eigenvalue weighted by Gasteiger charge is 2.09. The molecule has 1 N–H and O–H groups in total. The van der Waals surface area contributed by atoms with E-state index in [4.69, 9.17) is 0 Å². The predicted molar refractivity (Wildman–Crippen MR) is 52.7 cm³/mol. The van der Waals surface area contributed by atoms with Gasteiger partial charge >= 0.3 is 0 Å². The van der Waals surface area contributed by atoms with Gasteiger partial charge in [0.15, 0.2) is 0 Å². The molecular weight excluding hydrogens is 148 g/mol. The summed E-state index contributed by atoms with van der Waals surface area (Å²) in [6.45, 7) is 9.48. The van der Waals surface area contributed by atoms with E-state index in [1.165, 1.54) is 0 Å². The first-order chi connectivity index (χ1) is 5.57. The van der Waals surface area contributed by atoms with Crippen LogP contribution in [0, 0.1) is 17.8 Å². The van der Waals surface area contributed by atoms with Gasteiger partial charge in [-0.15, -0.1) is 11.8 Å². The highest BCUT2D eigenvalue weighted by molar-refractivity contribution is 5.00. The molecule has 0 saturated heterocycles. The smallest absolute Gasteiger partial charge is 0.0747 e. The van der Waals surface area contributed by atoms with Gasteiger partial charge in [0, 0.05) is 6.42 Å². The van der Waals surface area contributed by atoms with Gasteiger partial charge in [0.2, 0.25) is 0 Å². The second kappa shape index (κ2) is 5.85. The summed E-state index contributed by atoms with van der Waals surface area (Å²) in [4.78, 5) is 0. The molecule has 0 aliphatic rings. The van der Waals surface area contributed by atoms with Crippen LogP contribution in [0.3, 0.4) is 0 Å². The van der Waals surface area contributed by atoms with Crippen molar-refractivity contribution in [1.82, 2.24) is 0 Å². The molecule has 68 valence electrons. The second-order valence-electron chi connectivity index (χ2n) is 3.33. The van der Waals surface area contributed by atoms with Crippen molar-refractivity contribution in [2.24, 2.45) is 5.92 Å². The summed E-state index contributed by atoms with van der Waals surface area (Å²) >= 11 is 0. The highest BCUT2D eigenvalue weighted by Crippen LogP contribution is 2.13. The standard InChI is InChI=1S/C11H18O/c1-5-6-7-10(4)8-11(12)9(2)3/h10-12H,2,7-8H2,1,3-4H3/t10-,11+/m1/s1. The third-order valence-corrected chi connectivity index (χ3v) is 1.82. The minimum Gasteiger partial charge on any atom is -0.389 e. The van der Waals surface area contributed by atoms with Crippen molar-refractivity contribution in [2.75, 3.05) is 0 Å². The van der Waals surface area contributed by atoms with Gasteiger partial charge in [-0.2, -0.15) is 0 Å². The van der Waals surface area contributed by atoms with Gasteiger partial charge < -0.3 is 5.11 Å². The lowest BCUT2D eigenvalue weighted by Crippen LogP contribution is -2.11. The monoisotopic (exact) mass is 166 g/mol. The van der Waals surface area contributed by atoms with Crippen molar-refractivity contribution in [2.45, 2.75) is 39.7 Å². The molecule has 1 heteroatoms. The molecule has 0 aliphatic heterocycles. The third kappa shape index (κ3) is 4.98. The van der Waals surface area contributed by atoms with Crippen LogP contribution in [0.25, 0.3) is 0 Å². The first-order valence-corrected chi connectivity index (χ1v) is 4.31. The normalized spacial score (nSPS) is 14.3. The Hall–Kier alpha value is -0.740. The summed E-state index contributed by atoms with van der Waals surface area (Å²) in [6.07, 6.45) is 1.27. The number of aliphatic hydroxyl groups is 1. The van der Waals surface area contributed by atoms with E-state index in [1.54, 1.807) is 0 Å². The molecule has 0 aromatic carbocycles. The molecule has 1 nitrogen and oxygen atoms in total. The molecular formula is C11H18O. The maximum atomic E-state index is 9.45. The van der Waals surface area contributed by atoms with Crippen molar-refractivity contribution >= 4 is 0 Å². The van der Waals surface area contributed by atoms with E-state index in [0.29, 0.717) is 5.92 Å². The van der Waals surface area contributed by atoms with Gasteiger partial charge in [0.25, 0.3) is 0 Å². The number of hydrogen-bond donors (Lipinski definition) is 1. The van der Waals surface area contributed by atoms with Crippen molar-refractivity contribution in [3.8, 4) is 11.8 Å². The Bertz CT molecular complexity index is 195. The lowest BCUT2D eigenvalue weighted by Gasteiger charge is -2.13. The van der Waals surface area contributed by atoms with Gasteiger partial charge in [-0.3, -0.25) is 0 Å². The van der Waals surface area contributed by atoms with E-state index in [9.17, 15) is 5.11 Å². The summed E-state index contributed by atoms with van der Waals surface area (Å²) in [5, 5.41) is 9.45. The molecule has 0 radical (unpaired) electrons. The fraction of sp³-hybridized carbons (Fsp3) is 0.636. The van der Waals surface area contributed by atoms with Crippen LogP contribution in [0.15, 0.2) is 12.2 Å². The van der Waals surface area contributed by atoms with Crippen LogP contribution >= 0.6 is 0 Å². The molecule has 12 heavy (non-hydrogen) atoms. The molecule has 0 spiro atoms. The average molecular weight is 166 g/mol. The largest absolute Gasteiger partial charge is 0.389 e. The van der Waals surface area contributed by atoms with Crippen molar-refractivity contribution < 1.29 is 5.11 Å². The van der Waals surface area contributed by atoms with Crippen LogP contribution in [0.2, 0.25) is 0 Å². The van der Waals surface area contributed by atoms with Gasteiger partial charge in [0.1, 0.15) is 0 Å². The fourth-order valence-electron chi connectivity index (χ4n) is 0.942. The topological polar surface area (TPSA) is 20.2 Å². The maximum absolute atomic E-state index is 9.45. The zero-order chi connectivity index (χ0) is 9.56. The molecule has 0 fully saturated rings. The molecule has 0 unspecified atom stereocenters. The van der Waals surface area contributed by atoms with Crippen molar-refractivity contribution in [3.63, 3.8) is 0 Å². The van der Waals surface area contributed by atoms with E-state index >= 15 is 0 Å². The van der Waals surface area contributed by atoms with Crippen molar-refractivity contribution in [3.05, 3.63) is 12.2 Å².